The lowest BCUT2D eigenvalue weighted by Gasteiger charge is -2.30. The molecule has 0 bridgehead atoms. The summed E-state index contributed by atoms with van der Waals surface area (Å²) in [5, 5.41) is 6.55. The van der Waals surface area contributed by atoms with E-state index in [0.29, 0.717) is 6.61 Å². The van der Waals surface area contributed by atoms with Gasteiger partial charge in [0.15, 0.2) is 5.96 Å². The Bertz CT molecular complexity index is 264. The SMILES string of the molecule is CN=C(NCCCN1CCCC(C)C1)NCCOC.I. The zero-order valence-corrected chi connectivity index (χ0v) is 15.5. The van der Waals surface area contributed by atoms with Crippen LogP contribution >= 0.6 is 24.0 Å². The fourth-order valence-electron chi connectivity index (χ4n) is 2.49. The minimum absolute atomic E-state index is 0. The molecule has 1 aliphatic heterocycles. The Labute approximate surface area is 140 Å². The van der Waals surface area contributed by atoms with Gasteiger partial charge in [-0.2, -0.15) is 0 Å². The largest absolute Gasteiger partial charge is 0.383 e. The van der Waals surface area contributed by atoms with Crippen molar-refractivity contribution < 1.29 is 4.74 Å². The van der Waals surface area contributed by atoms with Gasteiger partial charge in [0.25, 0.3) is 0 Å². The van der Waals surface area contributed by atoms with E-state index in [1.165, 1.54) is 32.5 Å². The van der Waals surface area contributed by atoms with Crippen LogP contribution in [0.15, 0.2) is 4.99 Å². The number of hydrogen-bond donors (Lipinski definition) is 2. The number of nitrogens with one attached hydrogen (secondary N) is 2. The summed E-state index contributed by atoms with van der Waals surface area (Å²) in [6.45, 7) is 8.54. The fraction of sp³-hybridized carbons (Fsp3) is 0.929. The standard InChI is InChI=1S/C14H30N4O.HI/c1-13-6-4-9-18(12-13)10-5-7-16-14(15-2)17-8-11-19-3;/h13H,4-12H2,1-3H3,(H2,15,16,17);1H. The van der Waals surface area contributed by atoms with E-state index >= 15 is 0 Å². The van der Waals surface area contributed by atoms with Crippen LogP contribution < -0.4 is 10.6 Å². The summed E-state index contributed by atoms with van der Waals surface area (Å²) in [4.78, 5) is 6.76. The van der Waals surface area contributed by atoms with E-state index in [0.717, 1.165) is 31.4 Å². The molecular formula is C14H31IN4O. The van der Waals surface area contributed by atoms with Crippen molar-refractivity contribution in [2.24, 2.45) is 10.9 Å². The van der Waals surface area contributed by atoms with Gasteiger partial charge in [-0.3, -0.25) is 4.99 Å². The topological polar surface area (TPSA) is 48.9 Å². The minimum Gasteiger partial charge on any atom is -0.383 e. The second-order valence-corrected chi connectivity index (χ2v) is 5.32. The molecule has 1 atom stereocenters. The molecule has 5 nitrogen and oxygen atoms in total. The number of rotatable bonds is 7. The lowest BCUT2D eigenvalue weighted by atomic mass is 10.0. The Hall–Kier alpha value is -0.0800. The summed E-state index contributed by atoms with van der Waals surface area (Å²) in [5.74, 6) is 1.73. The first-order chi connectivity index (χ1) is 9.26. The molecule has 1 saturated heterocycles. The van der Waals surface area contributed by atoms with Crippen molar-refractivity contribution in [2.75, 3.05) is 53.5 Å². The zero-order valence-electron chi connectivity index (χ0n) is 13.2. The maximum atomic E-state index is 5.00. The molecule has 0 amide bonds. The van der Waals surface area contributed by atoms with Gasteiger partial charge >= 0.3 is 0 Å². The predicted molar refractivity (Wildman–Crippen MR) is 96.1 cm³/mol. The van der Waals surface area contributed by atoms with Crippen LogP contribution in [-0.2, 0) is 4.74 Å². The minimum atomic E-state index is 0. The van der Waals surface area contributed by atoms with E-state index in [1.54, 1.807) is 14.2 Å². The van der Waals surface area contributed by atoms with Gasteiger partial charge in [-0.25, -0.2) is 0 Å². The van der Waals surface area contributed by atoms with E-state index in [1.807, 2.05) is 0 Å². The molecule has 1 fully saturated rings. The Kier molecular flexibility index (Phi) is 12.6. The molecule has 6 heteroatoms. The normalized spacial score (nSPS) is 20.4. The molecule has 120 valence electrons. The van der Waals surface area contributed by atoms with E-state index in [-0.39, 0.29) is 24.0 Å². The number of aliphatic imine (C=N–C) groups is 1. The highest BCUT2D eigenvalue weighted by Gasteiger charge is 2.15. The maximum absolute atomic E-state index is 5.00. The molecule has 0 aromatic rings. The van der Waals surface area contributed by atoms with Crippen LogP contribution in [-0.4, -0.2) is 64.3 Å². The van der Waals surface area contributed by atoms with Crippen molar-refractivity contribution in [2.45, 2.75) is 26.2 Å². The van der Waals surface area contributed by atoms with Crippen molar-refractivity contribution in [3.05, 3.63) is 0 Å². The van der Waals surface area contributed by atoms with Crippen LogP contribution in [0.1, 0.15) is 26.2 Å². The maximum Gasteiger partial charge on any atom is 0.191 e. The Morgan fingerprint density at radius 3 is 2.75 bits per heavy atom. The lowest BCUT2D eigenvalue weighted by molar-refractivity contribution is 0.182. The highest BCUT2D eigenvalue weighted by Crippen LogP contribution is 2.15. The Morgan fingerprint density at radius 1 is 1.35 bits per heavy atom. The number of ether oxygens (including phenoxy) is 1. The number of hydrogen-bond acceptors (Lipinski definition) is 3. The van der Waals surface area contributed by atoms with Crippen molar-refractivity contribution in [3.8, 4) is 0 Å². The second-order valence-electron chi connectivity index (χ2n) is 5.32. The highest BCUT2D eigenvalue weighted by atomic mass is 127. The number of likely N-dealkylation sites (tertiary alicyclic amines) is 1. The number of guanidine groups is 1. The van der Waals surface area contributed by atoms with Gasteiger partial charge in [0.2, 0.25) is 0 Å². The van der Waals surface area contributed by atoms with Crippen LogP contribution in [0.5, 0.6) is 0 Å². The third-order valence-corrected chi connectivity index (χ3v) is 3.51. The van der Waals surface area contributed by atoms with Crippen molar-refractivity contribution >= 4 is 29.9 Å². The molecule has 2 N–H and O–H groups in total. The molecule has 0 aromatic carbocycles. The van der Waals surface area contributed by atoms with Gasteiger partial charge < -0.3 is 20.3 Å². The first kappa shape index (κ1) is 19.9. The summed E-state index contributed by atoms with van der Waals surface area (Å²) in [6.07, 6.45) is 3.91. The van der Waals surface area contributed by atoms with Gasteiger partial charge in [-0.15, -0.1) is 24.0 Å². The molecule has 1 aliphatic rings. The number of nitrogens with zero attached hydrogens (tertiary/aromatic N) is 2. The predicted octanol–water partition coefficient (Wildman–Crippen LogP) is 1.54. The van der Waals surface area contributed by atoms with Crippen molar-refractivity contribution in [3.63, 3.8) is 0 Å². The van der Waals surface area contributed by atoms with Gasteiger partial charge in [-0.05, 0) is 38.3 Å². The van der Waals surface area contributed by atoms with Crippen LogP contribution in [0.2, 0.25) is 0 Å². The Morgan fingerprint density at radius 2 is 2.10 bits per heavy atom. The van der Waals surface area contributed by atoms with Crippen molar-refractivity contribution in [1.29, 1.82) is 0 Å². The summed E-state index contributed by atoms with van der Waals surface area (Å²) < 4.78 is 5.00. The monoisotopic (exact) mass is 398 g/mol. The third-order valence-electron chi connectivity index (χ3n) is 3.51. The fourth-order valence-corrected chi connectivity index (χ4v) is 2.49. The number of piperidine rings is 1. The highest BCUT2D eigenvalue weighted by molar-refractivity contribution is 14.0. The van der Waals surface area contributed by atoms with Gasteiger partial charge in [0, 0.05) is 33.8 Å². The third kappa shape index (κ3) is 8.97. The summed E-state index contributed by atoms with van der Waals surface area (Å²) in [7, 11) is 3.51. The van der Waals surface area contributed by atoms with Gasteiger partial charge in [0.05, 0.1) is 6.61 Å². The van der Waals surface area contributed by atoms with E-state index in [4.69, 9.17) is 4.74 Å². The molecule has 1 rings (SSSR count). The van der Waals surface area contributed by atoms with Crippen LogP contribution in [0.25, 0.3) is 0 Å². The smallest absolute Gasteiger partial charge is 0.191 e. The van der Waals surface area contributed by atoms with Crippen LogP contribution in [0, 0.1) is 5.92 Å². The number of halogens is 1. The molecule has 0 aromatic heterocycles. The quantitative estimate of drug-likeness (QED) is 0.296. The number of methoxy groups -OCH3 is 1. The molecule has 0 aliphatic carbocycles. The van der Waals surface area contributed by atoms with Gasteiger partial charge in [-0.1, -0.05) is 6.92 Å². The second kappa shape index (κ2) is 12.6. The average molecular weight is 398 g/mol. The first-order valence-corrected chi connectivity index (χ1v) is 7.42. The molecular weight excluding hydrogens is 367 g/mol. The molecule has 20 heavy (non-hydrogen) atoms. The van der Waals surface area contributed by atoms with E-state index in [2.05, 4.69) is 27.4 Å². The summed E-state index contributed by atoms with van der Waals surface area (Å²) >= 11 is 0. The molecule has 0 saturated carbocycles. The zero-order chi connectivity index (χ0) is 13.9. The summed E-state index contributed by atoms with van der Waals surface area (Å²) in [6, 6.07) is 0. The van der Waals surface area contributed by atoms with Gasteiger partial charge in [0.1, 0.15) is 0 Å². The van der Waals surface area contributed by atoms with E-state index in [9.17, 15) is 0 Å². The Balaban J connectivity index is 0.00000361. The molecule has 0 radical (unpaired) electrons. The average Bonchev–Trinajstić information content (AvgIpc) is 2.41. The summed E-state index contributed by atoms with van der Waals surface area (Å²) in [5.41, 5.74) is 0. The van der Waals surface area contributed by atoms with Crippen LogP contribution in [0.3, 0.4) is 0 Å². The van der Waals surface area contributed by atoms with Crippen LogP contribution in [0.4, 0.5) is 0 Å². The van der Waals surface area contributed by atoms with Crippen molar-refractivity contribution in [1.82, 2.24) is 15.5 Å². The van der Waals surface area contributed by atoms with E-state index < -0.39 is 0 Å². The molecule has 1 heterocycles. The first-order valence-electron chi connectivity index (χ1n) is 7.42. The lowest BCUT2D eigenvalue weighted by Crippen LogP contribution is -2.41. The molecule has 0 spiro atoms. The molecule has 1 unspecified atom stereocenters.